The lowest BCUT2D eigenvalue weighted by molar-refractivity contribution is -0.659. The summed E-state index contributed by atoms with van der Waals surface area (Å²) in [6.45, 7) is 0.444. The Morgan fingerprint density at radius 1 is 0.931 bits per heavy atom. The van der Waals surface area contributed by atoms with Crippen LogP contribution in [0.4, 0.5) is 0 Å². The van der Waals surface area contributed by atoms with Gasteiger partial charge in [0.2, 0.25) is 11.3 Å². The Morgan fingerprint density at radius 2 is 1.66 bits per heavy atom. The van der Waals surface area contributed by atoms with E-state index in [4.69, 9.17) is 39.6 Å². The number of para-hydroxylation sites is 2. The van der Waals surface area contributed by atoms with E-state index in [0.29, 0.717) is 20.6 Å². The average Bonchev–Trinajstić information content (AvgIpc) is 3.05. The molecule has 1 aromatic heterocycles. The Labute approximate surface area is 182 Å². The molecule has 0 spiro atoms. The molecule has 0 aliphatic heterocycles. The molecular weight excluding hydrogens is 431 g/mol. The van der Waals surface area contributed by atoms with Gasteiger partial charge in [-0.05, 0) is 53.3 Å². The van der Waals surface area contributed by atoms with Crippen molar-refractivity contribution in [1.29, 1.82) is 0 Å². The second-order valence-electron chi connectivity index (χ2n) is 6.50. The summed E-state index contributed by atoms with van der Waals surface area (Å²) in [4.78, 5) is 18.6. The maximum absolute atomic E-state index is 12.7. The Balaban J connectivity index is 1.59. The normalized spacial score (nSPS) is 11.0. The number of benzene rings is 3. The molecule has 0 N–H and O–H groups in total. The van der Waals surface area contributed by atoms with Gasteiger partial charge in [-0.3, -0.25) is 4.79 Å². The third-order valence-electron chi connectivity index (χ3n) is 4.53. The third-order valence-corrected chi connectivity index (χ3v) is 5.37. The molecule has 4 nitrogen and oxygen atoms in total. The molecule has 0 saturated carbocycles. The second-order valence-corrected chi connectivity index (χ2v) is 7.78. The SMILES string of the molecule is O=C(C[n+]1cn(OCc2ccc(Cl)cc2Cl)c2ccccc21)c1ccc(Cl)cc1. The molecule has 0 unspecified atom stereocenters. The Morgan fingerprint density at radius 3 is 2.41 bits per heavy atom. The Hall–Kier alpha value is -2.53. The molecule has 0 aliphatic rings. The van der Waals surface area contributed by atoms with Crippen molar-refractivity contribution in [2.45, 2.75) is 13.2 Å². The first-order valence-corrected chi connectivity index (χ1v) is 10.00. The molecular formula is C22H16Cl3N2O2+. The third kappa shape index (κ3) is 4.40. The van der Waals surface area contributed by atoms with Crippen molar-refractivity contribution in [3.63, 3.8) is 0 Å². The fourth-order valence-electron chi connectivity index (χ4n) is 3.03. The summed E-state index contributed by atoms with van der Waals surface area (Å²) < 4.78 is 3.51. The summed E-state index contributed by atoms with van der Waals surface area (Å²) in [6.07, 6.45) is 1.77. The average molecular weight is 447 g/mol. The molecule has 0 fully saturated rings. The monoisotopic (exact) mass is 445 g/mol. The van der Waals surface area contributed by atoms with Crippen LogP contribution in [0.1, 0.15) is 15.9 Å². The van der Waals surface area contributed by atoms with Gasteiger partial charge in [0, 0.05) is 26.2 Å². The molecule has 29 heavy (non-hydrogen) atoms. The van der Waals surface area contributed by atoms with Gasteiger partial charge in [-0.2, -0.15) is 0 Å². The van der Waals surface area contributed by atoms with E-state index in [0.717, 1.165) is 16.6 Å². The lowest BCUT2D eigenvalue weighted by atomic mass is 10.1. The number of ketones is 1. The number of Topliss-reactive ketones (excluding diaryl/α,β-unsaturated/α-hetero) is 1. The standard InChI is InChI=1S/C22H16Cl3N2O2/c23-17-8-5-15(6-9-17)22(28)12-26-14-27(21-4-2-1-3-20(21)26)29-13-16-7-10-18(24)11-19(16)25/h1-11,14H,12-13H2/q+1. The summed E-state index contributed by atoms with van der Waals surface area (Å²) in [5, 5.41) is 1.71. The highest BCUT2D eigenvalue weighted by molar-refractivity contribution is 6.35. The highest BCUT2D eigenvalue weighted by atomic mass is 35.5. The number of hydrogen-bond donors (Lipinski definition) is 0. The first kappa shape index (κ1) is 19.8. The van der Waals surface area contributed by atoms with Gasteiger partial charge in [0.25, 0.3) is 6.33 Å². The minimum absolute atomic E-state index is 0.0182. The molecule has 0 bridgehead atoms. The van der Waals surface area contributed by atoms with Crippen LogP contribution in [0.3, 0.4) is 0 Å². The number of aromatic nitrogens is 2. The predicted octanol–water partition coefficient (Wildman–Crippen LogP) is 5.40. The lowest BCUT2D eigenvalue weighted by Crippen LogP contribution is -2.37. The van der Waals surface area contributed by atoms with Gasteiger partial charge in [-0.15, -0.1) is 0 Å². The quantitative estimate of drug-likeness (QED) is 0.293. The fraction of sp³-hybridized carbons (Fsp3) is 0.0909. The number of carbonyl (C=O) groups excluding carboxylic acids is 1. The predicted molar refractivity (Wildman–Crippen MR) is 115 cm³/mol. The molecule has 4 aromatic rings. The minimum atomic E-state index is -0.0182. The van der Waals surface area contributed by atoms with Gasteiger partial charge in [0.1, 0.15) is 0 Å². The zero-order chi connectivity index (χ0) is 20.4. The molecule has 7 heteroatoms. The fourth-order valence-corrected chi connectivity index (χ4v) is 3.62. The van der Waals surface area contributed by atoms with Gasteiger partial charge in [-0.25, -0.2) is 4.57 Å². The summed E-state index contributed by atoms with van der Waals surface area (Å²) in [6, 6.07) is 19.9. The number of nitrogens with zero attached hydrogens (tertiary/aromatic N) is 2. The molecule has 0 amide bonds. The highest BCUT2D eigenvalue weighted by Gasteiger charge is 2.20. The molecule has 0 atom stereocenters. The van der Waals surface area contributed by atoms with Gasteiger partial charge in [-0.1, -0.05) is 53.0 Å². The molecule has 3 aromatic carbocycles. The highest BCUT2D eigenvalue weighted by Crippen LogP contribution is 2.21. The van der Waals surface area contributed by atoms with Gasteiger partial charge >= 0.3 is 0 Å². The summed E-state index contributed by atoms with van der Waals surface area (Å²) >= 11 is 18.1. The maximum Gasteiger partial charge on any atom is 0.285 e. The molecule has 0 aliphatic carbocycles. The molecule has 0 radical (unpaired) electrons. The Bertz CT molecular complexity index is 1190. The van der Waals surface area contributed by atoms with Crippen LogP contribution in [0.15, 0.2) is 73.1 Å². The summed E-state index contributed by atoms with van der Waals surface area (Å²) in [7, 11) is 0. The van der Waals surface area contributed by atoms with Crippen molar-refractivity contribution in [3.05, 3.63) is 99.3 Å². The topological polar surface area (TPSA) is 35.1 Å². The van der Waals surface area contributed by atoms with E-state index < -0.39 is 0 Å². The van der Waals surface area contributed by atoms with E-state index in [-0.39, 0.29) is 18.9 Å². The van der Waals surface area contributed by atoms with Crippen molar-refractivity contribution >= 4 is 51.6 Å². The smallest absolute Gasteiger partial charge is 0.285 e. The molecule has 0 saturated heterocycles. The van der Waals surface area contributed by atoms with E-state index in [2.05, 4.69) is 0 Å². The molecule has 1 heterocycles. The van der Waals surface area contributed by atoms with Crippen molar-refractivity contribution in [2.24, 2.45) is 0 Å². The van der Waals surface area contributed by atoms with Crippen LogP contribution in [-0.4, -0.2) is 10.5 Å². The second kappa shape index (κ2) is 8.46. The number of hydrogen-bond acceptors (Lipinski definition) is 2. The van der Waals surface area contributed by atoms with E-state index in [9.17, 15) is 4.79 Å². The van der Waals surface area contributed by atoms with Crippen LogP contribution < -0.4 is 9.40 Å². The van der Waals surface area contributed by atoms with Crippen LogP contribution in [0, 0.1) is 0 Å². The molecule has 4 rings (SSSR count). The van der Waals surface area contributed by atoms with Gasteiger partial charge in [0.05, 0.1) is 0 Å². The van der Waals surface area contributed by atoms with E-state index >= 15 is 0 Å². The first-order chi connectivity index (χ1) is 14.0. The maximum atomic E-state index is 12.7. The van der Waals surface area contributed by atoms with Crippen molar-refractivity contribution in [1.82, 2.24) is 4.73 Å². The number of fused-ring (bicyclic) bond motifs is 1. The zero-order valence-electron chi connectivity index (χ0n) is 15.2. The van der Waals surface area contributed by atoms with Crippen LogP contribution in [0.2, 0.25) is 15.1 Å². The number of halogens is 3. The van der Waals surface area contributed by atoms with E-state index in [1.807, 2.05) is 34.9 Å². The Kier molecular flexibility index (Phi) is 5.76. The number of imidazole rings is 1. The van der Waals surface area contributed by atoms with Crippen molar-refractivity contribution in [2.75, 3.05) is 0 Å². The number of carbonyl (C=O) groups is 1. The van der Waals surface area contributed by atoms with Crippen LogP contribution >= 0.6 is 34.8 Å². The van der Waals surface area contributed by atoms with Gasteiger partial charge in [0.15, 0.2) is 18.7 Å². The molecule has 146 valence electrons. The van der Waals surface area contributed by atoms with Crippen LogP contribution in [0.25, 0.3) is 11.0 Å². The number of rotatable bonds is 6. The van der Waals surface area contributed by atoms with E-state index in [1.54, 1.807) is 47.5 Å². The minimum Gasteiger partial charge on any atom is -0.331 e. The largest absolute Gasteiger partial charge is 0.331 e. The van der Waals surface area contributed by atoms with Crippen molar-refractivity contribution in [3.8, 4) is 0 Å². The van der Waals surface area contributed by atoms with E-state index in [1.165, 1.54) is 0 Å². The van der Waals surface area contributed by atoms with Crippen molar-refractivity contribution < 1.29 is 14.2 Å². The van der Waals surface area contributed by atoms with Gasteiger partial charge < -0.3 is 4.84 Å². The summed E-state index contributed by atoms with van der Waals surface area (Å²) in [5.41, 5.74) is 3.16. The lowest BCUT2D eigenvalue weighted by Gasteiger charge is -2.04. The first-order valence-electron chi connectivity index (χ1n) is 8.87. The van der Waals surface area contributed by atoms with Crippen LogP contribution in [-0.2, 0) is 13.2 Å². The van der Waals surface area contributed by atoms with Crippen LogP contribution in [0.5, 0.6) is 0 Å². The summed E-state index contributed by atoms with van der Waals surface area (Å²) in [5.74, 6) is -0.0182. The zero-order valence-corrected chi connectivity index (χ0v) is 17.5.